The average Bonchev–Trinajstić information content (AvgIpc) is 2.91. The van der Waals surface area contributed by atoms with Crippen molar-refractivity contribution in [1.82, 2.24) is 0 Å². The Bertz CT molecular complexity index is 856. The number of halogens is 1. The van der Waals surface area contributed by atoms with Crippen LogP contribution < -0.4 is 0 Å². The maximum Gasteiger partial charge on any atom is 0.339 e. The van der Waals surface area contributed by atoms with E-state index in [0.29, 0.717) is 11.1 Å². The first-order valence-electron chi connectivity index (χ1n) is 7.29. The minimum atomic E-state index is -1.91. The van der Waals surface area contributed by atoms with E-state index in [2.05, 4.69) is 0 Å². The minimum Gasteiger partial charge on any atom is -0.457 e. The summed E-state index contributed by atoms with van der Waals surface area (Å²) in [5.74, 6) is -0.745. The van der Waals surface area contributed by atoms with Crippen molar-refractivity contribution in [3.8, 4) is 0 Å². The molecule has 0 spiro atoms. The van der Waals surface area contributed by atoms with Crippen LogP contribution in [0.25, 0.3) is 11.1 Å². The molecule has 0 bridgehead atoms. The van der Waals surface area contributed by atoms with Gasteiger partial charge in [-0.2, -0.15) is 0 Å². The maximum absolute atomic E-state index is 13.1. The highest BCUT2D eigenvalue weighted by Crippen LogP contribution is 2.33. The van der Waals surface area contributed by atoms with Crippen LogP contribution in [0.3, 0.4) is 0 Å². The highest BCUT2D eigenvalue weighted by atomic mass is 32.2. The van der Waals surface area contributed by atoms with Crippen LogP contribution in [0.1, 0.15) is 22.3 Å². The summed E-state index contributed by atoms with van der Waals surface area (Å²) in [6.45, 7) is 2.00. The monoisotopic (exact) mass is 346 g/mol. The third-order valence-electron chi connectivity index (χ3n) is 3.96. The van der Waals surface area contributed by atoms with E-state index >= 15 is 0 Å². The number of carbonyl (C=O) groups excluding carboxylic acids is 1. The number of hydrogen-bond donors (Lipinski definition) is 1. The van der Waals surface area contributed by atoms with Crippen molar-refractivity contribution in [2.24, 2.45) is 0 Å². The molecule has 0 amide bonds. The minimum absolute atomic E-state index is 0.0609. The molecule has 0 saturated heterocycles. The van der Waals surface area contributed by atoms with Crippen LogP contribution in [0.4, 0.5) is 4.39 Å². The molecular weight excluding hydrogens is 331 g/mol. The highest BCUT2D eigenvalue weighted by Gasteiger charge is 2.27. The Morgan fingerprint density at radius 2 is 1.83 bits per heavy atom. The smallest absolute Gasteiger partial charge is 0.339 e. The Balaban J connectivity index is 2.05. The molecular formula is C18H15FO4S. The summed E-state index contributed by atoms with van der Waals surface area (Å²) in [6, 6.07) is 11.1. The van der Waals surface area contributed by atoms with Crippen molar-refractivity contribution >= 4 is 28.2 Å². The molecule has 0 aromatic heterocycles. The first kappa shape index (κ1) is 16.5. The Morgan fingerprint density at radius 3 is 2.46 bits per heavy atom. The van der Waals surface area contributed by atoms with Crippen LogP contribution in [0, 0.1) is 12.7 Å². The molecule has 1 N–H and O–H groups in total. The standard InChI is InChI=1S/C18H15FO4S/c1-11-8-13(2-3-14(11)10-24(21)22)16-9-23-18(20)17(16)12-4-6-15(19)7-5-12/h2-8H,9-10H2,1H3,(H,21,22). The lowest BCUT2D eigenvalue weighted by Gasteiger charge is -2.09. The molecule has 0 saturated carbocycles. The molecule has 4 nitrogen and oxygen atoms in total. The summed E-state index contributed by atoms with van der Waals surface area (Å²) < 4.78 is 38.3. The van der Waals surface area contributed by atoms with Gasteiger partial charge in [0, 0.05) is 5.57 Å². The lowest BCUT2D eigenvalue weighted by Crippen LogP contribution is -1.99. The third-order valence-corrected chi connectivity index (χ3v) is 4.51. The van der Waals surface area contributed by atoms with Crippen molar-refractivity contribution < 1.29 is 22.7 Å². The summed E-state index contributed by atoms with van der Waals surface area (Å²) in [5, 5.41) is 0. The fraction of sp³-hybridized carbons (Fsp3) is 0.167. The Hall–Kier alpha value is -2.31. The molecule has 1 unspecified atom stereocenters. The van der Waals surface area contributed by atoms with Gasteiger partial charge in [0.05, 0.1) is 11.3 Å². The van der Waals surface area contributed by atoms with Gasteiger partial charge in [-0.15, -0.1) is 0 Å². The number of aryl methyl sites for hydroxylation is 1. The highest BCUT2D eigenvalue weighted by molar-refractivity contribution is 7.78. The Labute approximate surface area is 141 Å². The SMILES string of the molecule is Cc1cc(C2=C(c3ccc(F)cc3)C(=O)OC2)ccc1CS(=O)O. The first-order chi connectivity index (χ1) is 11.5. The Morgan fingerprint density at radius 1 is 1.17 bits per heavy atom. The van der Waals surface area contributed by atoms with Crippen LogP contribution in [0.5, 0.6) is 0 Å². The normalized spacial score (nSPS) is 15.5. The average molecular weight is 346 g/mol. The van der Waals surface area contributed by atoms with Gasteiger partial charge < -0.3 is 9.29 Å². The van der Waals surface area contributed by atoms with Gasteiger partial charge in [-0.25, -0.2) is 13.4 Å². The summed E-state index contributed by atoms with van der Waals surface area (Å²) in [4.78, 5) is 12.1. The zero-order valence-corrected chi connectivity index (χ0v) is 13.7. The van der Waals surface area contributed by atoms with Crippen LogP contribution in [-0.4, -0.2) is 21.3 Å². The molecule has 1 atom stereocenters. The van der Waals surface area contributed by atoms with Crippen molar-refractivity contribution in [3.63, 3.8) is 0 Å². The molecule has 6 heteroatoms. The molecule has 1 heterocycles. The summed E-state index contributed by atoms with van der Waals surface area (Å²) >= 11 is -1.91. The van der Waals surface area contributed by atoms with Gasteiger partial charge in [-0.05, 0) is 41.3 Å². The quantitative estimate of drug-likeness (QED) is 0.681. The molecule has 124 valence electrons. The molecule has 0 radical (unpaired) electrons. The second kappa shape index (κ2) is 6.67. The van der Waals surface area contributed by atoms with Gasteiger partial charge in [0.15, 0.2) is 11.1 Å². The summed E-state index contributed by atoms with van der Waals surface area (Å²) in [5.41, 5.74) is 4.20. The van der Waals surface area contributed by atoms with Crippen LogP contribution >= 0.6 is 0 Å². The predicted molar refractivity (Wildman–Crippen MR) is 89.8 cm³/mol. The van der Waals surface area contributed by atoms with Gasteiger partial charge in [0.25, 0.3) is 0 Å². The van der Waals surface area contributed by atoms with Crippen molar-refractivity contribution in [2.45, 2.75) is 12.7 Å². The molecule has 24 heavy (non-hydrogen) atoms. The molecule has 2 aromatic rings. The van der Waals surface area contributed by atoms with Gasteiger partial charge >= 0.3 is 5.97 Å². The zero-order chi connectivity index (χ0) is 17.3. The van der Waals surface area contributed by atoms with E-state index in [0.717, 1.165) is 22.3 Å². The van der Waals surface area contributed by atoms with Gasteiger partial charge in [0.1, 0.15) is 12.4 Å². The van der Waals surface area contributed by atoms with Gasteiger partial charge in [0.2, 0.25) is 0 Å². The van der Waals surface area contributed by atoms with E-state index in [1.54, 1.807) is 24.3 Å². The molecule has 1 aliphatic heterocycles. The number of rotatable bonds is 4. The van der Waals surface area contributed by atoms with E-state index in [9.17, 15) is 13.4 Å². The van der Waals surface area contributed by atoms with E-state index < -0.39 is 17.0 Å². The lowest BCUT2D eigenvalue weighted by atomic mass is 9.94. The number of hydrogen-bond acceptors (Lipinski definition) is 3. The predicted octanol–water partition coefficient (Wildman–Crippen LogP) is 3.32. The largest absolute Gasteiger partial charge is 0.457 e. The molecule has 3 rings (SSSR count). The number of ether oxygens (including phenoxy) is 1. The Kier molecular flexibility index (Phi) is 4.59. The van der Waals surface area contributed by atoms with E-state index in [4.69, 9.17) is 9.29 Å². The lowest BCUT2D eigenvalue weighted by molar-refractivity contribution is -0.133. The number of cyclic esters (lactones) is 1. The number of benzene rings is 2. The number of esters is 1. The van der Waals surface area contributed by atoms with E-state index in [1.165, 1.54) is 12.1 Å². The maximum atomic E-state index is 13.1. The molecule has 0 aliphatic carbocycles. The van der Waals surface area contributed by atoms with Crippen LogP contribution in [0.2, 0.25) is 0 Å². The molecule has 0 fully saturated rings. The molecule has 2 aromatic carbocycles. The van der Waals surface area contributed by atoms with Gasteiger partial charge in [-0.1, -0.05) is 30.3 Å². The van der Waals surface area contributed by atoms with Gasteiger partial charge in [-0.3, -0.25) is 0 Å². The third kappa shape index (κ3) is 3.29. The van der Waals surface area contributed by atoms with Crippen molar-refractivity contribution in [3.05, 3.63) is 70.5 Å². The first-order valence-corrected chi connectivity index (χ1v) is 8.57. The van der Waals surface area contributed by atoms with E-state index in [-0.39, 0.29) is 18.2 Å². The van der Waals surface area contributed by atoms with Crippen molar-refractivity contribution in [1.29, 1.82) is 0 Å². The second-order valence-electron chi connectivity index (χ2n) is 5.54. The fourth-order valence-electron chi connectivity index (χ4n) is 2.72. The summed E-state index contributed by atoms with van der Waals surface area (Å²) in [7, 11) is 0. The van der Waals surface area contributed by atoms with E-state index in [1.807, 2.05) is 13.0 Å². The molecule has 1 aliphatic rings. The zero-order valence-electron chi connectivity index (χ0n) is 12.9. The number of carbonyl (C=O) groups is 1. The van der Waals surface area contributed by atoms with Crippen molar-refractivity contribution in [2.75, 3.05) is 6.61 Å². The van der Waals surface area contributed by atoms with Crippen LogP contribution in [-0.2, 0) is 26.4 Å². The van der Waals surface area contributed by atoms with Crippen LogP contribution in [0.15, 0.2) is 42.5 Å². The fourth-order valence-corrected chi connectivity index (χ4v) is 3.31. The topological polar surface area (TPSA) is 63.6 Å². The summed E-state index contributed by atoms with van der Waals surface area (Å²) in [6.07, 6.45) is 0. The second-order valence-corrected chi connectivity index (χ2v) is 6.48.